The molecule has 4 nitrogen and oxygen atoms in total. The zero-order valence-electron chi connectivity index (χ0n) is 7.26. The van der Waals surface area contributed by atoms with Gasteiger partial charge in [0.05, 0.1) is 6.61 Å². The molecule has 74 valence electrons. The molecule has 1 saturated heterocycles. The molecule has 1 aromatic rings. The number of rotatable bonds is 2. The van der Waals surface area contributed by atoms with Crippen LogP contribution in [0.1, 0.15) is 16.1 Å². The Morgan fingerprint density at radius 3 is 3.07 bits per heavy atom. The summed E-state index contributed by atoms with van der Waals surface area (Å²) in [6, 6.07) is 3.42. The van der Waals surface area contributed by atoms with E-state index in [1.54, 1.807) is 17.5 Å². The molecule has 0 N–H and O–H groups in total. The molecule has 1 aliphatic rings. The molecule has 2 rings (SSSR count). The Morgan fingerprint density at radius 2 is 2.50 bits per heavy atom. The molecule has 1 fully saturated rings. The van der Waals surface area contributed by atoms with Crippen molar-refractivity contribution in [1.29, 1.82) is 0 Å². The van der Waals surface area contributed by atoms with Crippen molar-refractivity contribution < 1.29 is 19.1 Å². The molecule has 0 spiro atoms. The number of cyclic esters (lactones) is 1. The van der Waals surface area contributed by atoms with Gasteiger partial charge in [0.25, 0.3) is 0 Å². The number of esters is 2. The number of thiophene rings is 1. The van der Waals surface area contributed by atoms with Crippen LogP contribution in [0, 0.1) is 0 Å². The smallest absolute Gasteiger partial charge is 0.349 e. The summed E-state index contributed by atoms with van der Waals surface area (Å²) in [7, 11) is 0. The molecule has 5 heteroatoms. The lowest BCUT2D eigenvalue weighted by Gasteiger charge is -2.06. The highest BCUT2D eigenvalue weighted by molar-refractivity contribution is 7.11. The normalized spacial score (nSPS) is 20.6. The van der Waals surface area contributed by atoms with Crippen molar-refractivity contribution in [2.45, 2.75) is 12.5 Å². The molecule has 0 amide bonds. The van der Waals surface area contributed by atoms with Gasteiger partial charge in [-0.25, -0.2) is 9.59 Å². The minimum atomic E-state index is -0.718. The van der Waals surface area contributed by atoms with Crippen molar-refractivity contribution in [3.63, 3.8) is 0 Å². The fourth-order valence-electron chi connectivity index (χ4n) is 1.17. The van der Waals surface area contributed by atoms with Crippen LogP contribution in [-0.2, 0) is 14.3 Å². The van der Waals surface area contributed by atoms with Gasteiger partial charge in [0, 0.05) is 6.42 Å². The second kappa shape index (κ2) is 3.79. The van der Waals surface area contributed by atoms with Crippen LogP contribution >= 0.6 is 11.3 Å². The largest absolute Gasteiger partial charge is 0.463 e. The van der Waals surface area contributed by atoms with Gasteiger partial charge in [-0.05, 0) is 11.4 Å². The minimum Gasteiger partial charge on any atom is -0.463 e. The van der Waals surface area contributed by atoms with Gasteiger partial charge in [-0.3, -0.25) is 0 Å². The summed E-state index contributed by atoms with van der Waals surface area (Å²) in [4.78, 5) is 22.9. The van der Waals surface area contributed by atoms with E-state index in [-0.39, 0.29) is 0 Å². The Bertz CT molecular complexity index is 344. The van der Waals surface area contributed by atoms with Gasteiger partial charge < -0.3 is 9.47 Å². The molecule has 2 heterocycles. The topological polar surface area (TPSA) is 52.6 Å². The van der Waals surface area contributed by atoms with E-state index in [9.17, 15) is 9.59 Å². The summed E-state index contributed by atoms with van der Waals surface area (Å²) in [5.41, 5.74) is 0. The van der Waals surface area contributed by atoms with Gasteiger partial charge >= 0.3 is 11.9 Å². The molecule has 0 bridgehead atoms. The molecule has 0 aromatic carbocycles. The molecule has 0 saturated carbocycles. The summed E-state index contributed by atoms with van der Waals surface area (Å²) in [6.07, 6.45) is -0.264. The number of hydrogen-bond acceptors (Lipinski definition) is 5. The first kappa shape index (κ1) is 9.21. The lowest BCUT2D eigenvalue weighted by molar-refractivity contribution is -0.145. The Balaban J connectivity index is 1.98. The predicted molar refractivity (Wildman–Crippen MR) is 49.1 cm³/mol. The maximum atomic E-state index is 11.4. The molecule has 0 aliphatic carbocycles. The number of ether oxygens (including phenoxy) is 2. The average Bonchev–Trinajstić information content (AvgIpc) is 2.77. The van der Waals surface area contributed by atoms with E-state index in [4.69, 9.17) is 4.74 Å². The van der Waals surface area contributed by atoms with Crippen LogP contribution in [0.4, 0.5) is 0 Å². The number of hydrogen-bond donors (Lipinski definition) is 0. The highest BCUT2D eigenvalue weighted by Gasteiger charge is 2.30. The van der Waals surface area contributed by atoms with Crippen molar-refractivity contribution >= 4 is 23.3 Å². The van der Waals surface area contributed by atoms with Gasteiger partial charge in [-0.15, -0.1) is 11.3 Å². The fourth-order valence-corrected chi connectivity index (χ4v) is 1.77. The van der Waals surface area contributed by atoms with Gasteiger partial charge in [0.2, 0.25) is 6.10 Å². The van der Waals surface area contributed by atoms with Gasteiger partial charge in [-0.1, -0.05) is 6.07 Å². The molecule has 1 aliphatic heterocycles. The molecule has 14 heavy (non-hydrogen) atoms. The maximum Gasteiger partial charge on any atom is 0.349 e. The molecule has 1 unspecified atom stereocenters. The Kier molecular flexibility index (Phi) is 2.49. The second-order valence-electron chi connectivity index (χ2n) is 2.83. The van der Waals surface area contributed by atoms with Crippen molar-refractivity contribution in [2.75, 3.05) is 6.61 Å². The summed E-state index contributed by atoms with van der Waals surface area (Å²) < 4.78 is 9.64. The summed E-state index contributed by atoms with van der Waals surface area (Å²) in [6.45, 7) is 0.335. The van der Waals surface area contributed by atoms with Crippen LogP contribution in [-0.4, -0.2) is 24.6 Å². The summed E-state index contributed by atoms with van der Waals surface area (Å²) in [5, 5.41) is 1.78. The molecule has 0 radical (unpaired) electrons. The Morgan fingerprint density at radius 1 is 1.64 bits per heavy atom. The van der Waals surface area contributed by atoms with Crippen molar-refractivity contribution in [2.24, 2.45) is 0 Å². The van der Waals surface area contributed by atoms with Crippen molar-refractivity contribution in [1.82, 2.24) is 0 Å². The molecule has 1 atom stereocenters. The lowest BCUT2D eigenvalue weighted by Crippen LogP contribution is -2.22. The third-order valence-corrected chi connectivity index (χ3v) is 2.71. The van der Waals surface area contributed by atoms with Gasteiger partial charge in [-0.2, -0.15) is 0 Å². The van der Waals surface area contributed by atoms with Crippen LogP contribution in [0.5, 0.6) is 0 Å². The highest BCUT2D eigenvalue weighted by atomic mass is 32.1. The highest BCUT2D eigenvalue weighted by Crippen LogP contribution is 2.15. The molecule has 1 aromatic heterocycles. The Labute approximate surface area is 84.4 Å². The minimum absolute atomic E-state index is 0.335. The van der Waals surface area contributed by atoms with E-state index < -0.39 is 18.0 Å². The van der Waals surface area contributed by atoms with Crippen LogP contribution < -0.4 is 0 Å². The Hall–Kier alpha value is -1.36. The van der Waals surface area contributed by atoms with E-state index in [0.29, 0.717) is 17.9 Å². The third kappa shape index (κ3) is 1.77. The quantitative estimate of drug-likeness (QED) is 0.692. The average molecular weight is 212 g/mol. The number of carbonyl (C=O) groups excluding carboxylic acids is 2. The second-order valence-corrected chi connectivity index (χ2v) is 3.78. The third-order valence-electron chi connectivity index (χ3n) is 1.86. The van der Waals surface area contributed by atoms with Crippen LogP contribution in [0.2, 0.25) is 0 Å². The summed E-state index contributed by atoms with van der Waals surface area (Å²) in [5.74, 6) is -0.904. The SMILES string of the molecule is O=C(OC1CCOC1=O)c1cccs1. The first-order valence-corrected chi connectivity index (χ1v) is 5.06. The van der Waals surface area contributed by atoms with Crippen molar-refractivity contribution in [3.8, 4) is 0 Å². The van der Waals surface area contributed by atoms with Crippen LogP contribution in [0.3, 0.4) is 0 Å². The zero-order chi connectivity index (χ0) is 9.97. The van der Waals surface area contributed by atoms with Gasteiger partial charge in [0.1, 0.15) is 4.88 Å². The molecular weight excluding hydrogens is 204 g/mol. The standard InChI is InChI=1S/C9H8O4S/c10-8-6(3-4-12-8)13-9(11)7-2-1-5-14-7/h1-2,5-6H,3-4H2. The monoisotopic (exact) mass is 212 g/mol. The zero-order valence-corrected chi connectivity index (χ0v) is 8.08. The lowest BCUT2D eigenvalue weighted by atomic mass is 10.3. The van der Waals surface area contributed by atoms with E-state index in [2.05, 4.69) is 4.74 Å². The van der Waals surface area contributed by atoms with E-state index in [1.807, 2.05) is 0 Å². The predicted octanol–water partition coefficient (Wildman–Crippen LogP) is 1.22. The van der Waals surface area contributed by atoms with E-state index >= 15 is 0 Å². The van der Waals surface area contributed by atoms with Crippen LogP contribution in [0.25, 0.3) is 0 Å². The number of carbonyl (C=O) groups is 2. The fraction of sp³-hybridized carbons (Fsp3) is 0.333. The summed E-state index contributed by atoms with van der Waals surface area (Å²) >= 11 is 1.29. The first-order valence-electron chi connectivity index (χ1n) is 4.18. The van der Waals surface area contributed by atoms with Crippen LogP contribution in [0.15, 0.2) is 17.5 Å². The van der Waals surface area contributed by atoms with Crippen molar-refractivity contribution in [3.05, 3.63) is 22.4 Å². The van der Waals surface area contributed by atoms with Gasteiger partial charge in [0.15, 0.2) is 0 Å². The maximum absolute atomic E-state index is 11.4. The first-order chi connectivity index (χ1) is 6.77. The molecular formula is C9H8O4S. The van der Waals surface area contributed by atoms with E-state index in [1.165, 1.54) is 11.3 Å². The van der Waals surface area contributed by atoms with E-state index in [0.717, 1.165) is 0 Å².